The van der Waals surface area contributed by atoms with E-state index >= 15 is 0 Å². The Morgan fingerprint density at radius 1 is 0.789 bits per heavy atom. The number of fused-ring (bicyclic) bond motifs is 2. The molecule has 0 spiro atoms. The zero-order valence-electron chi connectivity index (χ0n) is 20.5. The molecule has 4 unspecified atom stereocenters. The van der Waals surface area contributed by atoms with Crippen molar-refractivity contribution in [1.29, 1.82) is 0 Å². The number of nitrogens with two attached hydrogens (primary N) is 1. The van der Waals surface area contributed by atoms with Crippen molar-refractivity contribution in [3.8, 4) is 0 Å². The highest BCUT2D eigenvalue weighted by Crippen LogP contribution is 2.52. The Morgan fingerprint density at radius 2 is 1.37 bits per heavy atom. The smallest absolute Gasteiger partial charge is 0.371 e. The van der Waals surface area contributed by atoms with Crippen molar-refractivity contribution in [2.75, 3.05) is 0 Å². The lowest BCUT2D eigenvalue weighted by atomic mass is 9.78. The van der Waals surface area contributed by atoms with Gasteiger partial charge in [0.05, 0.1) is 29.4 Å². The third kappa shape index (κ3) is 5.07. The molecule has 0 aliphatic carbocycles. The quantitative estimate of drug-likeness (QED) is 0.350. The van der Waals surface area contributed by atoms with E-state index in [1.165, 1.54) is 0 Å². The van der Waals surface area contributed by atoms with Gasteiger partial charge in [0.2, 0.25) is 0 Å². The summed E-state index contributed by atoms with van der Waals surface area (Å²) in [5.41, 5.74) is 5.16. The van der Waals surface area contributed by atoms with Crippen LogP contribution in [0.2, 0.25) is 0 Å². The van der Waals surface area contributed by atoms with E-state index in [9.17, 15) is 26.3 Å². The maximum absolute atomic E-state index is 13.4. The van der Waals surface area contributed by atoms with Gasteiger partial charge in [0.25, 0.3) is 0 Å². The minimum Gasteiger partial charge on any atom is -0.371 e. The van der Waals surface area contributed by atoms with E-state index in [1.54, 1.807) is 0 Å². The first-order valence-corrected chi connectivity index (χ1v) is 12.5. The lowest BCUT2D eigenvalue weighted by Crippen LogP contribution is -2.56. The molecule has 2 fully saturated rings. The summed E-state index contributed by atoms with van der Waals surface area (Å²) in [4.78, 5) is 2.32. The normalized spacial score (nSPS) is 26.0. The van der Waals surface area contributed by atoms with Crippen molar-refractivity contribution in [2.24, 2.45) is 5.73 Å². The molecular formula is C29H28F6N2O. The molecule has 3 aromatic carbocycles. The number of halogens is 6. The number of ether oxygens (including phenoxy) is 1. The summed E-state index contributed by atoms with van der Waals surface area (Å²) in [5, 5.41) is 0. The Labute approximate surface area is 217 Å². The first-order chi connectivity index (χ1) is 18.0. The van der Waals surface area contributed by atoms with Crippen molar-refractivity contribution in [3.05, 3.63) is 107 Å². The second kappa shape index (κ2) is 10.0. The summed E-state index contributed by atoms with van der Waals surface area (Å²) in [6.07, 6.45) is -8.45. The summed E-state index contributed by atoms with van der Waals surface area (Å²) in [5.74, 6) is 0. The first-order valence-electron chi connectivity index (χ1n) is 12.5. The van der Waals surface area contributed by atoms with Gasteiger partial charge in [-0.25, -0.2) is 0 Å². The largest absolute Gasteiger partial charge is 0.416 e. The lowest BCUT2D eigenvalue weighted by Gasteiger charge is -2.50. The van der Waals surface area contributed by atoms with E-state index in [4.69, 9.17) is 10.5 Å². The van der Waals surface area contributed by atoms with Gasteiger partial charge in [0, 0.05) is 18.6 Å². The molecule has 3 nitrogen and oxygen atoms in total. The molecule has 202 valence electrons. The fourth-order valence-electron chi connectivity index (χ4n) is 6.14. The van der Waals surface area contributed by atoms with E-state index in [0.717, 1.165) is 23.3 Å². The van der Waals surface area contributed by atoms with Crippen LogP contribution in [0.25, 0.3) is 0 Å². The Balaban J connectivity index is 1.51. The van der Waals surface area contributed by atoms with Crippen molar-refractivity contribution in [3.63, 3.8) is 0 Å². The van der Waals surface area contributed by atoms with Crippen LogP contribution in [0.4, 0.5) is 26.3 Å². The van der Waals surface area contributed by atoms with E-state index in [1.807, 2.05) is 60.7 Å². The standard InChI is InChI=1S/C29H28F6N2O/c30-28(31,32)22-13-20(14-23(15-22)29(33,34)35)18-38-26-12-11-25-24(36)16-27(26,21-9-5-2-6-10-21)37(25)17-19-7-3-1-4-8-19/h1-10,13-15,24-26H,11-12,16-18,36H2. The van der Waals surface area contributed by atoms with Gasteiger partial charge < -0.3 is 10.5 Å². The first kappa shape index (κ1) is 26.7. The van der Waals surface area contributed by atoms with Gasteiger partial charge >= 0.3 is 12.4 Å². The molecule has 2 bridgehead atoms. The minimum atomic E-state index is -4.91. The Bertz CT molecular complexity index is 1220. The molecule has 0 saturated carbocycles. The summed E-state index contributed by atoms with van der Waals surface area (Å²) in [7, 11) is 0. The molecule has 0 aromatic heterocycles. The highest BCUT2D eigenvalue weighted by molar-refractivity contribution is 5.35. The summed E-state index contributed by atoms with van der Waals surface area (Å²) in [6, 6.07) is 21.1. The molecule has 2 heterocycles. The Hall–Kier alpha value is -2.88. The Kier molecular flexibility index (Phi) is 7.04. The molecule has 9 heteroatoms. The number of benzene rings is 3. The van der Waals surface area contributed by atoms with Crippen LogP contribution < -0.4 is 5.73 Å². The monoisotopic (exact) mass is 534 g/mol. The van der Waals surface area contributed by atoms with Crippen LogP contribution in [0.15, 0.2) is 78.9 Å². The number of hydrogen-bond acceptors (Lipinski definition) is 3. The van der Waals surface area contributed by atoms with Gasteiger partial charge in [0.15, 0.2) is 0 Å². The highest BCUT2D eigenvalue weighted by atomic mass is 19.4. The Morgan fingerprint density at radius 3 is 1.95 bits per heavy atom. The number of piperidine rings is 1. The maximum atomic E-state index is 13.4. The SMILES string of the molecule is NC1CC2(c3ccccc3)C(OCc3cc(C(F)(F)F)cc(C(F)(F)F)c3)CCC1N2Cc1ccccc1. The van der Waals surface area contributed by atoms with Gasteiger partial charge in [-0.05, 0) is 54.2 Å². The fourth-order valence-corrected chi connectivity index (χ4v) is 6.14. The van der Waals surface area contributed by atoms with Crippen LogP contribution in [0.5, 0.6) is 0 Å². The summed E-state index contributed by atoms with van der Waals surface area (Å²) in [6.45, 7) is 0.209. The van der Waals surface area contributed by atoms with Crippen LogP contribution in [-0.2, 0) is 35.8 Å². The van der Waals surface area contributed by atoms with E-state index in [2.05, 4.69) is 4.90 Å². The van der Waals surface area contributed by atoms with Crippen molar-refractivity contribution in [1.82, 2.24) is 4.90 Å². The van der Waals surface area contributed by atoms with Gasteiger partial charge in [-0.1, -0.05) is 60.7 Å². The van der Waals surface area contributed by atoms with Gasteiger partial charge in [-0.3, -0.25) is 4.90 Å². The zero-order chi connectivity index (χ0) is 27.1. The van der Waals surface area contributed by atoms with Crippen molar-refractivity contribution < 1.29 is 31.1 Å². The van der Waals surface area contributed by atoms with Crippen molar-refractivity contribution >= 4 is 0 Å². The molecule has 4 atom stereocenters. The molecule has 2 aliphatic heterocycles. The second-order valence-corrected chi connectivity index (χ2v) is 10.1. The molecule has 38 heavy (non-hydrogen) atoms. The van der Waals surface area contributed by atoms with Crippen LogP contribution in [0, 0.1) is 0 Å². The average molecular weight is 535 g/mol. The molecule has 2 saturated heterocycles. The third-order valence-corrected chi connectivity index (χ3v) is 7.78. The van der Waals surface area contributed by atoms with Gasteiger partial charge in [0.1, 0.15) is 0 Å². The van der Waals surface area contributed by atoms with Crippen molar-refractivity contribution in [2.45, 2.75) is 68.5 Å². The van der Waals surface area contributed by atoms with E-state index in [-0.39, 0.29) is 30.3 Å². The van der Waals surface area contributed by atoms with Crippen LogP contribution >= 0.6 is 0 Å². The zero-order valence-corrected chi connectivity index (χ0v) is 20.5. The topological polar surface area (TPSA) is 38.5 Å². The molecule has 2 aliphatic rings. The molecule has 5 rings (SSSR count). The second-order valence-electron chi connectivity index (χ2n) is 10.1. The number of hydrogen-bond donors (Lipinski definition) is 1. The lowest BCUT2D eigenvalue weighted by molar-refractivity contribution is -0.143. The van der Waals surface area contributed by atoms with Crippen LogP contribution in [-0.4, -0.2) is 23.1 Å². The number of nitrogens with zero attached hydrogens (tertiary/aromatic N) is 1. The number of rotatable bonds is 6. The molecule has 0 amide bonds. The van der Waals surface area contributed by atoms with E-state index in [0.29, 0.717) is 25.8 Å². The maximum Gasteiger partial charge on any atom is 0.416 e. The van der Waals surface area contributed by atoms with Gasteiger partial charge in [-0.15, -0.1) is 0 Å². The minimum absolute atomic E-state index is 0.0700. The average Bonchev–Trinajstić information content (AvgIpc) is 3.06. The van der Waals surface area contributed by atoms with E-state index < -0.39 is 35.1 Å². The predicted molar refractivity (Wildman–Crippen MR) is 131 cm³/mol. The van der Waals surface area contributed by atoms with Gasteiger partial charge in [-0.2, -0.15) is 26.3 Å². The van der Waals surface area contributed by atoms with Crippen LogP contribution in [0.3, 0.4) is 0 Å². The van der Waals surface area contributed by atoms with Crippen LogP contribution in [0.1, 0.15) is 47.1 Å². The molecule has 3 aromatic rings. The molecular weight excluding hydrogens is 506 g/mol. The highest BCUT2D eigenvalue weighted by Gasteiger charge is 2.58. The summed E-state index contributed by atoms with van der Waals surface area (Å²) < 4.78 is 86.7. The predicted octanol–water partition coefficient (Wildman–Crippen LogP) is 6.90. The fraction of sp³-hybridized carbons (Fsp3) is 0.379. The molecule has 2 N–H and O–H groups in total. The number of alkyl halides is 6. The third-order valence-electron chi connectivity index (χ3n) is 7.78. The summed E-state index contributed by atoms with van der Waals surface area (Å²) >= 11 is 0. The molecule has 0 radical (unpaired) electrons.